The summed E-state index contributed by atoms with van der Waals surface area (Å²) < 4.78 is 11.1. The Morgan fingerprint density at radius 3 is 1.08 bits per heavy atom. The Morgan fingerprint density at radius 1 is 0.333 bits per heavy atom. The van der Waals surface area contributed by atoms with E-state index in [0.29, 0.717) is 0 Å². The van der Waals surface area contributed by atoms with E-state index in [1.807, 2.05) is 0 Å². The van der Waals surface area contributed by atoms with Gasteiger partial charge in [-0.15, -0.1) is 0 Å². The van der Waals surface area contributed by atoms with Crippen LogP contribution in [0.25, 0.3) is 0 Å². The molecule has 0 N–H and O–H groups in total. The van der Waals surface area contributed by atoms with Crippen LogP contribution in [0.3, 0.4) is 0 Å². The minimum Gasteiger partial charge on any atom is -0.379 e. The van der Waals surface area contributed by atoms with E-state index in [0.717, 1.165) is 26.4 Å². The Kier molecular flexibility index (Phi) is 22.8. The lowest BCUT2D eigenvalue weighted by atomic mass is 10.0. The second kappa shape index (κ2) is 22.9. The molecule has 146 valence electrons. The molecule has 0 spiro atoms. The summed E-state index contributed by atoms with van der Waals surface area (Å²) in [4.78, 5) is 0. The summed E-state index contributed by atoms with van der Waals surface area (Å²) >= 11 is 0. The van der Waals surface area contributed by atoms with E-state index in [1.165, 1.54) is 103 Å². The largest absolute Gasteiger partial charge is 0.379 e. The molecular formula is C22H46O2. The van der Waals surface area contributed by atoms with Gasteiger partial charge in [0.2, 0.25) is 0 Å². The Hall–Kier alpha value is -0.0800. The molecule has 0 atom stereocenters. The van der Waals surface area contributed by atoms with Crippen molar-refractivity contribution in [3.05, 3.63) is 0 Å². The van der Waals surface area contributed by atoms with Gasteiger partial charge in [-0.3, -0.25) is 0 Å². The Balaban J connectivity index is 2.93. The highest BCUT2D eigenvalue weighted by molar-refractivity contribution is 4.49. The maximum Gasteiger partial charge on any atom is 0.0700 e. The fourth-order valence-corrected chi connectivity index (χ4v) is 2.97. The lowest BCUT2D eigenvalue weighted by Crippen LogP contribution is -2.06. The highest BCUT2D eigenvalue weighted by Gasteiger charge is 1.95. The van der Waals surface area contributed by atoms with Crippen LogP contribution in [0.1, 0.15) is 117 Å². The van der Waals surface area contributed by atoms with Crippen LogP contribution in [0.4, 0.5) is 0 Å². The van der Waals surface area contributed by atoms with Gasteiger partial charge in [0.25, 0.3) is 0 Å². The molecule has 0 heterocycles. The van der Waals surface area contributed by atoms with Crippen molar-refractivity contribution >= 4 is 0 Å². The van der Waals surface area contributed by atoms with Gasteiger partial charge in [-0.05, 0) is 12.8 Å². The normalized spacial score (nSPS) is 11.2. The molecule has 0 saturated carbocycles. The van der Waals surface area contributed by atoms with Gasteiger partial charge in [-0.25, -0.2) is 0 Å². The van der Waals surface area contributed by atoms with E-state index in [-0.39, 0.29) is 0 Å². The third-order valence-electron chi connectivity index (χ3n) is 4.66. The highest BCUT2D eigenvalue weighted by atomic mass is 16.5. The quantitative estimate of drug-likeness (QED) is 0.204. The first-order valence-electron chi connectivity index (χ1n) is 11.1. The molecule has 0 aromatic carbocycles. The minimum atomic E-state index is 0.763. The molecule has 24 heavy (non-hydrogen) atoms. The van der Waals surface area contributed by atoms with Gasteiger partial charge < -0.3 is 9.47 Å². The predicted octanol–water partition coefficient (Wildman–Crippen LogP) is 7.30. The summed E-state index contributed by atoms with van der Waals surface area (Å²) in [7, 11) is 0. The zero-order valence-corrected chi connectivity index (χ0v) is 17.0. The van der Waals surface area contributed by atoms with Crippen LogP contribution in [0.2, 0.25) is 0 Å². The van der Waals surface area contributed by atoms with Gasteiger partial charge in [0.15, 0.2) is 0 Å². The number of unbranched alkanes of at least 4 members (excludes halogenated alkanes) is 14. The van der Waals surface area contributed by atoms with Crippen LogP contribution in [0.5, 0.6) is 0 Å². The average molecular weight is 343 g/mol. The SMILES string of the molecule is CCCCCCCCCCCCCCCCOCCOCCCC. The Labute approximate surface area is 153 Å². The molecule has 0 rings (SSSR count). The molecule has 0 aliphatic rings. The maximum absolute atomic E-state index is 5.60. The van der Waals surface area contributed by atoms with Gasteiger partial charge in [-0.1, -0.05) is 104 Å². The summed E-state index contributed by atoms with van der Waals surface area (Å²) in [6.45, 7) is 7.81. The van der Waals surface area contributed by atoms with E-state index < -0.39 is 0 Å². The van der Waals surface area contributed by atoms with Crippen LogP contribution in [-0.2, 0) is 9.47 Å². The monoisotopic (exact) mass is 342 g/mol. The summed E-state index contributed by atoms with van der Waals surface area (Å²) in [5.74, 6) is 0. The fourth-order valence-electron chi connectivity index (χ4n) is 2.97. The molecule has 0 unspecified atom stereocenters. The zero-order valence-electron chi connectivity index (χ0n) is 17.0. The highest BCUT2D eigenvalue weighted by Crippen LogP contribution is 2.12. The first-order chi connectivity index (χ1) is 11.9. The molecule has 0 radical (unpaired) electrons. The third kappa shape index (κ3) is 21.9. The average Bonchev–Trinajstić information content (AvgIpc) is 2.60. The van der Waals surface area contributed by atoms with Crippen molar-refractivity contribution in [1.29, 1.82) is 0 Å². The van der Waals surface area contributed by atoms with Gasteiger partial charge in [0.1, 0.15) is 0 Å². The summed E-state index contributed by atoms with van der Waals surface area (Å²) in [6.07, 6.45) is 22.1. The van der Waals surface area contributed by atoms with Crippen LogP contribution < -0.4 is 0 Å². The molecule has 0 fully saturated rings. The van der Waals surface area contributed by atoms with Crippen molar-refractivity contribution in [3.8, 4) is 0 Å². The molecule has 0 aromatic rings. The van der Waals surface area contributed by atoms with E-state index in [9.17, 15) is 0 Å². The third-order valence-corrected chi connectivity index (χ3v) is 4.66. The predicted molar refractivity (Wildman–Crippen MR) is 107 cm³/mol. The summed E-state index contributed by atoms with van der Waals surface area (Å²) in [5.41, 5.74) is 0. The molecule has 0 saturated heterocycles. The van der Waals surface area contributed by atoms with E-state index in [1.54, 1.807) is 0 Å². The minimum absolute atomic E-state index is 0.763. The van der Waals surface area contributed by atoms with Crippen molar-refractivity contribution in [3.63, 3.8) is 0 Å². The van der Waals surface area contributed by atoms with Crippen LogP contribution >= 0.6 is 0 Å². The fraction of sp³-hybridized carbons (Fsp3) is 1.00. The summed E-state index contributed by atoms with van der Waals surface area (Å²) in [6, 6.07) is 0. The first kappa shape index (κ1) is 23.9. The summed E-state index contributed by atoms with van der Waals surface area (Å²) in [5, 5.41) is 0. The molecule has 0 amide bonds. The van der Waals surface area contributed by atoms with Gasteiger partial charge in [0.05, 0.1) is 13.2 Å². The van der Waals surface area contributed by atoms with Gasteiger partial charge in [-0.2, -0.15) is 0 Å². The second-order valence-corrected chi connectivity index (χ2v) is 7.17. The van der Waals surface area contributed by atoms with Gasteiger partial charge in [0, 0.05) is 13.2 Å². The van der Waals surface area contributed by atoms with Crippen LogP contribution in [0.15, 0.2) is 0 Å². The van der Waals surface area contributed by atoms with Crippen molar-refractivity contribution in [2.24, 2.45) is 0 Å². The van der Waals surface area contributed by atoms with Gasteiger partial charge >= 0.3 is 0 Å². The number of ether oxygens (including phenoxy) is 2. The standard InChI is InChI=1S/C22H46O2/c1-3-5-7-8-9-10-11-12-13-14-15-16-17-18-20-24-22-21-23-19-6-4-2/h3-22H2,1-2H3. The molecule has 0 aliphatic heterocycles. The molecule has 0 aromatic heterocycles. The van der Waals surface area contributed by atoms with Crippen LogP contribution in [0, 0.1) is 0 Å². The van der Waals surface area contributed by atoms with Crippen molar-refractivity contribution < 1.29 is 9.47 Å². The topological polar surface area (TPSA) is 18.5 Å². The maximum atomic E-state index is 5.60. The van der Waals surface area contributed by atoms with Crippen molar-refractivity contribution in [1.82, 2.24) is 0 Å². The zero-order chi connectivity index (χ0) is 17.6. The lowest BCUT2D eigenvalue weighted by molar-refractivity contribution is 0.0453. The smallest absolute Gasteiger partial charge is 0.0700 e. The lowest BCUT2D eigenvalue weighted by Gasteiger charge is -2.05. The second-order valence-electron chi connectivity index (χ2n) is 7.17. The van der Waals surface area contributed by atoms with Crippen molar-refractivity contribution in [2.75, 3.05) is 26.4 Å². The van der Waals surface area contributed by atoms with E-state index >= 15 is 0 Å². The molecule has 2 nitrogen and oxygen atoms in total. The molecule has 2 heteroatoms. The first-order valence-corrected chi connectivity index (χ1v) is 11.1. The number of hydrogen-bond acceptors (Lipinski definition) is 2. The van der Waals surface area contributed by atoms with Crippen molar-refractivity contribution in [2.45, 2.75) is 117 Å². The molecular weight excluding hydrogens is 296 g/mol. The number of hydrogen-bond donors (Lipinski definition) is 0. The molecule has 0 bridgehead atoms. The van der Waals surface area contributed by atoms with Crippen LogP contribution in [-0.4, -0.2) is 26.4 Å². The Bertz CT molecular complexity index is 184. The van der Waals surface area contributed by atoms with E-state index in [2.05, 4.69) is 13.8 Å². The Morgan fingerprint density at radius 2 is 0.667 bits per heavy atom. The number of rotatable bonds is 21. The van der Waals surface area contributed by atoms with E-state index in [4.69, 9.17) is 9.47 Å². The molecule has 0 aliphatic carbocycles.